The van der Waals surface area contributed by atoms with Gasteiger partial charge in [-0.05, 0) is 36.4 Å². The van der Waals surface area contributed by atoms with Gasteiger partial charge in [-0.1, -0.05) is 0 Å². The molecular formula is C12H11F3N2O3S. The fourth-order valence-electron chi connectivity index (χ4n) is 1.55. The minimum absolute atomic E-state index is 0.00583. The van der Waals surface area contributed by atoms with Crippen molar-refractivity contribution in [2.75, 3.05) is 4.72 Å². The fourth-order valence-corrected chi connectivity index (χ4v) is 2.56. The predicted octanol–water partition coefficient (Wildman–Crippen LogP) is 2.56. The van der Waals surface area contributed by atoms with Crippen LogP contribution < -0.4 is 10.5 Å². The summed E-state index contributed by atoms with van der Waals surface area (Å²) in [5.41, 5.74) is 4.43. The molecule has 1 aromatic heterocycles. The molecule has 2 rings (SSSR count). The molecule has 0 aliphatic carbocycles. The minimum Gasteiger partial charge on any atom is -0.446 e. The molecule has 0 aliphatic heterocycles. The second kappa shape index (κ2) is 5.41. The van der Waals surface area contributed by atoms with Crippen LogP contribution in [-0.2, 0) is 22.7 Å². The lowest BCUT2D eigenvalue weighted by Crippen LogP contribution is -2.12. The Morgan fingerprint density at radius 3 is 2.19 bits per heavy atom. The second-order valence-electron chi connectivity index (χ2n) is 4.11. The van der Waals surface area contributed by atoms with Gasteiger partial charge in [0, 0.05) is 5.69 Å². The van der Waals surface area contributed by atoms with E-state index in [1.54, 1.807) is 0 Å². The number of alkyl halides is 3. The summed E-state index contributed by atoms with van der Waals surface area (Å²) in [4.78, 5) is 0. The van der Waals surface area contributed by atoms with Crippen LogP contribution in [0.2, 0.25) is 0 Å². The Morgan fingerprint density at radius 1 is 1.10 bits per heavy atom. The van der Waals surface area contributed by atoms with Crippen molar-refractivity contribution >= 4 is 15.7 Å². The van der Waals surface area contributed by atoms with E-state index in [0.29, 0.717) is 0 Å². The molecule has 0 fully saturated rings. The highest BCUT2D eigenvalue weighted by molar-refractivity contribution is 7.92. The Bertz CT molecular complexity index is 721. The van der Waals surface area contributed by atoms with E-state index in [4.69, 9.17) is 10.2 Å². The van der Waals surface area contributed by atoms with E-state index in [1.165, 1.54) is 12.1 Å². The van der Waals surface area contributed by atoms with Crippen LogP contribution in [0.5, 0.6) is 0 Å². The number of hydrogen-bond donors (Lipinski definition) is 2. The van der Waals surface area contributed by atoms with Gasteiger partial charge < -0.3 is 10.2 Å². The van der Waals surface area contributed by atoms with Crippen molar-refractivity contribution < 1.29 is 26.0 Å². The van der Waals surface area contributed by atoms with Crippen LogP contribution in [0.15, 0.2) is 45.9 Å². The fraction of sp³-hybridized carbons (Fsp3) is 0.167. The monoisotopic (exact) mass is 320 g/mol. The first-order chi connectivity index (χ1) is 9.72. The van der Waals surface area contributed by atoms with Crippen LogP contribution in [0, 0.1) is 0 Å². The summed E-state index contributed by atoms with van der Waals surface area (Å²) >= 11 is 0. The lowest BCUT2D eigenvalue weighted by Gasteiger charge is -2.09. The molecule has 2 aromatic rings. The van der Waals surface area contributed by atoms with Crippen LogP contribution >= 0.6 is 0 Å². The van der Waals surface area contributed by atoms with Gasteiger partial charge in [-0.15, -0.1) is 0 Å². The van der Waals surface area contributed by atoms with Crippen LogP contribution in [0.4, 0.5) is 18.9 Å². The van der Waals surface area contributed by atoms with Crippen molar-refractivity contribution in [1.29, 1.82) is 0 Å². The standard InChI is InChI=1S/C12H11F3N2O3S/c13-12(14,15)8-1-3-9(4-2-8)17-21(18,19)11-6-5-10(7-16)20-11/h1-6,17H,7,16H2. The molecule has 1 heterocycles. The highest BCUT2D eigenvalue weighted by atomic mass is 32.2. The minimum atomic E-state index is -4.48. The molecule has 21 heavy (non-hydrogen) atoms. The van der Waals surface area contributed by atoms with Gasteiger partial charge in [0.25, 0.3) is 10.0 Å². The van der Waals surface area contributed by atoms with E-state index in [-0.39, 0.29) is 23.1 Å². The van der Waals surface area contributed by atoms with Gasteiger partial charge in [-0.3, -0.25) is 4.72 Å². The Balaban J connectivity index is 2.21. The van der Waals surface area contributed by atoms with Gasteiger partial charge in [0.1, 0.15) is 5.76 Å². The second-order valence-corrected chi connectivity index (χ2v) is 5.72. The molecule has 0 aliphatic rings. The zero-order valence-corrected chi connectivity index (χ0v) is 11.3. The Kier molecular flexibility index (Phi) is 3.97. The number of furan rings is 1. The third-order valence-electron chi connectivity index (χ3n) is 2.57. The number of rotatable bonds is 4. The van der Waals surface area contributed by atoms with E-state index in [9.17, 15) is 21.6 Å². The molecule has 0 bridgehead atoms. The van der Waals surface area contributed by atoms with Crippen LogP contribution in [0.3, 0.4) is 0 Å². The highest BCUT2D eigenvalue weighted by Gasteiger charge is 2.30. The molecule has 3 N–H and O–H groups in total. The average molecular weight is 320 g/mol. The van der Waals surface area contributed by atoms with Crippen molar-refractivity contribution in [1.82, 2.24) is 0 Å². The normalized spacial score (nSPS) is 12.4. The zero-order chi connectivity index (χ0) is 15.7. The molecule has 0 spiro atoms. The molecule has 0 unspecified atom stereocenters. The molecule has 0 radical (unpaired) electrons. The summed E-state index contributed by atoms with van der Waals surface area (Å²) in [6, 6.07) is 6.23. The van der Waals surface area contributed by atoms with Gasteiger partial charge in [-0.25, -0.2) is 0 Å². The topological polar surface area (TPSA) is 85.3 Å². The number of hydrogen-bond acceptors (Lipinski definition) is 4. The highest BCUT2D eigenvalue weighted by Crippen LogP contribution is 2.30. The molecule has 0 atom stereocenters. The summed E-state index contributed by atoms with van der Waals surface area (Å²) in [5, 5.41) is -0.358. The van der Waals surface area contributed by atoms with Crippen molar-refractivity contribution in [3.63, 3.8) is 0 Å². The largest absolute Gasteiger partial charge is 0.446 e. The molecule has 1 aromatic carbocycles. The predicted molar refractivity (Wildman–Crippen MR) is 68.9 cm³/mol. The Morgan fingerprint density at radius 2 is 1.71 bits per heavy atom. The smallest absolute Gasteiger partial charge is 0.416 e. The average Bonchev–Trinajstić information content (AvgIpc) is 2.87. The first-order valence-electron chi connectivity index (χ1n) is 5.71. The van der Waals surface area contributed by atoms with Gasteiger partial charge >= 0.3 is 6.18 Å². The van der Waals surface area contributed by atoms with Gasteiger partial charge in [-0.2, -0.15) is 21.6 Å². The third kappa shape index (κ3) is 3.56. The maximum Gasteiger partial charge on any atom is 0.416 e. The molecule has 114 valence electrons. The molecule has 9 heteroatoms. The maximum absolute atomic E-state index is 12.4. The molecule has 5 nitrogen and oxygen atoms in total. The van der Waals surface area contributed by atoms with Gasteiger partial charge in [0.05, 0.1) is 12.1 Å². The zero-order valence-electron chi connectivity index (χ0n) is 10.5. The summed E-state index contributed by atoms with van der Waals surface area (Å²) in [6.07, 6.45) is -4.48. The molecule has 0 amide bonds. The van der Waals surface area contributed by atoms with E-state index >= 15 is 0 Å². The molecular weight excluding hydrogens is 309 g/mol. The summed E-state index contributed by atoms with van der Waals surface area (Å²) < 4.78 is 68.2. The number of halogens is 3. The van der Waals surface area contributed by atoms with E-state index < -0.39 is 21.8 Å². The van der Waals surface area contributed by atoms with E-state index in [2.05, 4.69) is 4.72 Å². The van der Waals surface area contributed by atoms with Crippen LogP contribution in [-0.4, -0.2) is 8.42 Å². The number of anilines is 1. The maximum atomic E-state index is 12.4. The van der Waals surface area contributed by atoms with Crippen molar-refractivity contribution in [2.45, 2.75) is 17.8 Å². The van der Waals surface area contributed by atoms with Gasteiger partial charge in [0.15, 0.2) is 0 Å². The summed E-state index contributed by atoms with van der Waals surface area (Å²) in [6.45, 7) is 0.0375. The first-order valence-corrected chi connectivity index (χ1v) is 7.19. The Hall–Kier alpha value is -2.00. The molecule has 0 saturated heterocycles. The Labute approximate surface area is 118 Å². The van der Waals surface area contributed by atoms with E-state index in [0.717, 1.165) is 24.3 Å². The lowest BCUT2D eigenvalue weighted by atomic mass is 10.2. The first kappa shape index (κ1) is 15.4. The third-order valence-corrected chi connectivity index (χ3v) is 3.82. The quantitative estimate of drug-likeness (QED) is 0.906. The van der Waals surface area contributed by atoms with Crippen molar-refractivity contribution in [2.24, 2.45) is 5.73 Å². The lowest BCUT2D eigenvalue weighted by molar-refractivity contribution is -0.137. The number of benzene rings is 1. The van der Waals surface area contributed by atoms with Crippen molar-refractivity contribution in [3.05, 3.63) is 47.7 Å². The molecule has 0 saturated carbocycles. The number of nitrogens with one attached hydrogen (secondary N) is 1. The van der Waals surface area contributed by atoms with Crippen LogP contribution in [0.25, 0.3) is 0 Å². The SMILES string of the molecule is NCc1ccc(S(=O)(=O)Nc2ccc(C(F)(F)F)cc2)o1. The van der Waals surface area contributed by atoms with Crippen molar-refractivity contribution in [3.8, 4) is 0 Å². The summed E-state index contributed by atoms with van der Waals surface area (Å²) in [5.74, 6) is 0.280. The number of nitrogens with two attached hydrogens (primary N) is 1. The van der Waals surface area contributed by atoms with Gasteiger partial charge in [0.2, 0.25) is 5.09 Å². The number of sulfonamides is 1. The van der Waals surface area contributed by atoms with Crippen LogP contribution in [0.1, 0.15) is 11.3 Å². The van der Waals surface area contributed by atoms with E-state index in [1.807, 2.05) is 0 Å². The summed E-state index contributed by atoms with van der Waals surface area (Å²) in [7, 11) is -4.00.